The molecule has 0 radical (unpaired) electrons. The number of nitrogens with one attached hydrogen (secondary N) is 2. The van der Waals surface area contributed by atoms with Crippen LogP contribution in [-0.4, -0.2) is 55.2 Å². The van der Waals surface area contributed by atoms with Crippen LogP contribution in [0, 0.1) is 27.7 Å². The number of esters is 1. The second-order valence-electron chi connectivity index (χ2n) is 13.9. The van der Waals surface area contributed by atoms with Crippen LogP contribution in [0.1, 0.15) is 103 Å². The molecule has 56 heavy (non-hydrogen) atoms. The van der Waals surface area contributed by atoms with Crippen LogP contribution >= 0.6 is 24.0 Å². The van der Waals surface area contributed by atoms with Gasteiger partial charge in [-0.25, -0.2) is 35.9 Å². The fourth-order valence-corrected chi connectivity index (χ4v) is 11.0. The first-order valence-corrected chi connectivity index (χ1v) is 20.9. The van der Waals surface area contributed by atoms with Gasteiger partial charge in [0.1, 0.15) is 11.5 Å². The molecule has 12 nitrogen and oxygen atoms in total. The van der Waals surface area contributed by atoms with Gasteiger partial charge in [0.2, 0.25) is 20.0 Å². The van der Waals surface area contributed by atoms with Gasteiger partial charge < -0.3 is 19.3 Å². The van der Waals surface area contributed by atoms with Gasteiger partial charge in [-0.2, -0.15) is 0 Å². The molecule has 0 aliphatic heterocycles. The Bertz CT molecular complexity index is 2300. The van der Waals surface area contributed by atoms with Gasteiger partial charge in [0, 0.05) is 12.1 Å². The average molecular weight is 921 g/mol. The number of methoxy groups -OCH3 is 3. The lowest BCUT2D eigenvalue weighted by atomic mass is 9.87. The van der Waals surface area contributed by atoms with Gasteiger partial charge in [0.15, 0.2) is 0 Å². The van der Waals surface area contributed by atoms with E-state index in [1.54, 1.807) is 96.5 Å². The number of aryl methyl sites for hydroxylation is 6. The first-order valence-electron chi connectivity index (χ1n) is 17.9. The van der Waals surface area contributed by atoms with Crippen LogP contribution in [0.4, 0.5) is 0 Å². The van der Waals surface area contributed by atoms with Crippen molar-refractivity contribution in [1.82, 2.24) is 9.44 Å². The van der Waals surface area contributed by atoms with Crippen LogP contribution in [0.2, 0.25) is 0 Å². The first kappa shape index (κ1) is 44.7. The minimum Gasteiger partial charge on any atom is -0.497 e. The van der Waals surface area contributed by atoms with Crippen LogP contribution in [0.15, 0.2) is 70.5 Å². The van der Waals surface area contributed by atoms with Crippen molar-refractivity contribution < 1.29 is 45.7 Å². The molecule has 0 fully saturated rings. The molecule has 0 amide bonds. The average Bonchev–Trinajstić information content (AvgIpc) is 3.13. The van der Waals surface area contributed by atoms with Crippen LogP contribution in [-0.2, 0) is 37.6 Å². The Kier molecular flexibility index (Phi) is 14.8. The molecule has 0 unspecified atom stereocenters. The van der Waals surface area contributed by atoms with E-state index in [1.165, 1.54) is 7.11 Å². The lowest BCUT2D eigenvalue weighted by molar-refractivity contribution is 0.0599. The molecule has 3 N–H and O–H groups in total. The minimum atomic E-state index is -3.78. The van der Waals surface area contributed by atoms with E-state index >= 15 is 0 Å². The molecule has 4 aromatic rings. The van der Waals surface area contributed by atoms with E-state index in [9.17, 15) is 31.5 Å². The summed E-state index contributed by atoms with van der Waals surface area (Å²) in [5.41, 5.74) is 6.67. The standard InChI is InChI=1S/C21H25NO5S.C20H23NO5S.HI/c1-13-10-17(26-3)11-14(2)20(13)28(24,25)22-19-7-5-6-15-8-9-16(12-18(15)19)21(23)27-4;1-12-9-16(26-3)10-13(2)19(12)27(24,25)21-18-6-4-5-14-7-8-15(20(22)23)11-17(14)18;/h8-12,19,22H,5-7H2,1-4H3;7-11,18,21H,4-6H2,1-3H3,(H,22,23);1H/t19-;18-;/m11./s1. The first-order chi connectivity index (χ1) is 26.0. The summed E-state index contributed by atoms with van der Waals surface area (Å²) in [6, 6.07) is 16.2. The van der Waals surface area contributed by atoms with Crippen LogP contribution in [0.25, 0.3) is 0 Å². The quantitative estimate of drug-likeness (QED) is 0.107. The number of sulfonamides is 2. The number of carboxylic acid groups (broad SMARTS) is 1. The van der Waals surface area contributed by atoms with Crippen molar-refractivity contribution in [2.24, 2.45) is 0 Å². The second-order valence-corrected chi connectivity index (χ2v) is 17.2. The number of fused-ring (bicyclic) bond motifs is 2. The summed E-state index contributed by atoms with van der Waals surface area (Å²) >= 11 is 0. The molecule has 2 aliphatic carbocycles. The van der Waals surface area contributed by atoms with E-state index in [0.29, 0.717) is 52.2 Å². The monoisotopic (exact) mass is 920 g/mol. The molecular formula is C41H49IN2O10S2. The van der Waals surface area contributed by atoms with E-state index in [0.717, 1.165) is 47.9 Å². The largest absolute Gasteiger partial charge is 0.497 e. The fourth-order valence-electron chi connectivity index (χ4n) is 7.62. The molecule has 302 valence electrons. The highest BCUT2D eigenvalue weighted by Gasteiger charge is 2.30. The highest BCUT2D eigenvalue weighted by molar-refractivity contribution is 14.0. The zero-order valence-corrected chi connectivity index (χ0v) is 36.5. The summed E-state index contributed by atoms with van der Waals surface area (Å²) in [5.74, 6) is -0.221. The summed E-state index contributed by atoms with van der Waals surface area (Å²) in [4.78, 5) is 23.7. The molecule has 0 spiro atoms. The number of carbonyl (C=O) groups excluding carboxylic acids is 1. The van der Waals surface area contributed by atoms with Gasteiger partial charge >= 0.3 is 11.9 Å². The van der Waals surface area contributed by atoms with Crippen LogP contribution in [0.5, 0.6) is 11.5 Å². The number of benzene rings is 4. The third kappa shape index (κ3) is 9.91. The van der Waals surface area contributed by atoms with Crippen molar-refractivity contribution in [1.29, 1.82) is 0 Å². The summed E-state index contributed by atoms with van der Waals surface area (Å²) in [7, 11) is -3.10. The van der Waals surface area contributed by atoms with E-state index in [2.05, 4.69) is 9.44 Å². The fraction of sp³-hybridized carbons (Fsp3) is 0.366. The van der Waals surface area contributed by atoms with Gasteiger partial charge in [0.25, 0.3) is 0 Å². The number of hydrogen-bond donors (Lipinski definition) is 3. The molecule has 0 saturated heterocycles. The minimum absolute atomic E-state index is 0. The summed E-state index contributed by atoms with van der Waals surface area (Å²) in [6.45, 7) is 6.99. The Hall–Kier alpha value is -4.03. The number of ether oxygens (including phenoxy) is 3. The molecule has 4 aromatic carbocycles. The zero-order valence-electron chi connectivity index (χ0n) is 32.5. The third-order valence-corrected chi connectivity index (χ3v) is 13.6. The molecule has 0 aromatic heterocycles. The Morgan fingerprint density at radius 2 is 1.00 bits per heavy atom. The predicted octanol–water partition coefficient (Wildman–Crippen LogP) is 7.44. The lowest BCUT2D eigenvalue weighted by Crippen LogP contribution is -2.32. The van der Waals surface area contributed by atoms with Crippen molar-refractivity contribution >= 4 is 56.0 Å². The van der Waals surface area contributed by atoms with E-state index in [-0.39, 0.29) is 45.4 Å². The number of carbonyl (C=O) groups is 2. The molecule has 0 bridgehead atoms. The van der Waals surface area contributed by atoms with Crippen molar-refractivity contribution in [2.45, 2.75) is 88.1 Å². The van der Waals surface area contributed by atoms with E-state index < -0.39 is 38.0 Å². The van der Waals surface area contributed by atoms with Crippen LogP contribution < -0.4 is 18.9 Å². The Morgan fingerprint density at radius 3 is 1.36 bits per heavy atom. The number of hydrogen-bond acceptors (Lipinski definition) is 9. The molecule has 0 heterocycles. The van der Waals surface area contributed by atoms with Crippen molar-refractivity contribution in [3.8, 4) is 11.5 Å². The summed E-state index contributed by atoms with van der Waals surface area (Å²) in [6.07, 6.45) is 4.68. The van der Waals surface area contributed by atoms with Crippen molar-refractivity contribution in [3.05, 3.63) is 116 Å². The Labute approximate surface area is 346 Å². The molecule has 2 aliphatic rings. The Balaban J connectivity index is 0.000000244. The SMILES string of the molecule is COC(=O)c1ccc2c(c1)[C@H](NS(=O)(=O)c1c(C)cc(OC)cc1C)CCC2.COc1cc(C)c(S(=O)(=O)N[C@@H]2CCCc3ccc(C(=O)O)cc32)c(C)c1.I. The van der Waals surface area contributed by atoms with Gasteiger partial charge in [-0.3, -0.25) is 0 Å². The van der Waals surface area contributed by atoms with Gasteiger partial charge in [-0.15, -0.1) is 24.0 Å². The summed E-state index contributed by atoms with van der Waals surface area (Å²) < 4.78 is 73.4. The summed E-state index contributed by atoms with van der Waals surface area (Å²) in [5, 5.41) is 9.25. The van der Waals surface area contributed by atoms with Crippen molar-refractivity contribution in [3.63, 3.8) is 0 Å². The lowest BCUT2D eigenvalue weighted by Gasteiger charge is -2.27. The highest BCUT2D eigenvalue weighted by atomic mass is 127. The van der Waals surface area contributed by atoms with Gasteiger partial charge in [-0.05, 0) is 159 Å². The topological polar surface area (TPSA) is 174 Å². The number of rotatable bonds is 10. The maximum absolute atomic E-state index is 13.2. The van der Waals surface area contributed by atoms with Gasteiger partial charge in [-0.1, -0.05) is 12.1 Å². The number of carboxylic acids is 1. The third-order valence-electron chi connectivity index (χ3n) is 10.1. The van der Waals surface area contributed by atoms with E-state index in [1.807, 2.05) is 6.07 Å². The second kappa shape index (κ2) is 18.5. The molecule has 2 atom stereocenters. The highest BCUT2D eigenvalue weighted by Crippen LogP contribution is 2.35. The number of aromatic carboxylic acids is 1. The molecule has 6 rings (SSSR count). The maximum Gasteiger partial charge on any atom is 0.337 e. The van der Waals surface area contributed by atoms with Crippen molar-refractivity contribution in [2.75, 3.05) is 21.3 Å². The van der Waals surface area contributed by atoms with Gasteiger partial charge in [0.05, 0.1) is 42.2 Å². The smallest absolute Gasteiger partial charge is 0.337 e. The zero-order chi connectivity index (χ0) is 40.2. The molecular weight excluding hydrogens is 871 g/mol. The molecule has 15 heteroatoms. The normalized spacial score (nSPS) is 16.2. The number of halogens is 1. The maximum atomic E-state index is 13.2. The predicted molar refractivity (Wildman–Crippen MR) is 224 cm³/mol. The van der Waals surface area contributed by atoms with Crippen LogP contribution in [0.3, 0.4) is 0 Å². The Morgan fingerprint density at radius 1 is 0.625 bits per heavy atom. The molecule has 0 saturated carbocycles. The van der Waals surface area contributed by atoms with E-state index in [4.69, 9.17) is 14.2 Å².